The van der Waals surface area contributed by atoms with Gasteiger partial charge in [-0.15, -0.1) is 10.2 Å². The molecule has 0 saturated carbocycles. The highest BCUT2D eigenvalue weighted by Crippen LogP contribution is 2.32. The van der Waals surface area contributed by atoms with Gasteiger partial charge in [-0.1, -0.05) is 54.1 Å². The molecule has 0 spiro atoms. The minimum Gasteiger partial charge on any atom is -0.305 e. The molecule has 9 heteroatoms. The zero-order valence-electron chi connectivity index (χ0n) is 15.3. The Labute approximate surface area is 175 Å². The van der Waals surface area contributed by atoms with E-state index in [0.717, 1.165) is 21.8 Å². The first-order valence-corrected chi connectivity index (χ1v) is 9.98. The molecule has 0 unspecified atom stereocenters. The van der Waals surface area contributed by atoms with E-state index in [1.165, 1.54) is 18.1 Å². The normalized spacial score (nSPS) is 11.2. The van der Waals surface area contributed by atoms with Gasteiger partial charge < -0.3 is 4.57 Å². The highest BCUT2D eigenvalue weighted by molar-refractivity contribution is 7.99. The van der Waals surface area contributed by atoms with E-state index in [4.69, 9.17) is 11.6 Å². The van der Waals surface area contributed by atoms with Crippen LogP contribution in [0.2, 0.25) is 5.02 Å². The van der Waals surface area contributed by atoms with Crippen LogP contribution in [-0.4, -0.2) is 34.3 Å². The Kier molecular flexibility index (Phi) is 4.49. The first kappa shape index (κ1) is 17.8. The maximum absolute atomic E-state index is 6.33. The average molecular weight is 420 g/mol. The second-order valence-electron chi connectivity index (χ2n) is 6.26. The molecule has 0 aliphatic carbocycles. The van der Waals surface area contributed by atoms with Gasteiger partial charge in [0.15, 0.2) is 11.0 Å². The predicted octanol–water partition coefficient (Wildman–Crippen LogP) is 4.39. The summed E-state index contributed by atoms with van der Waals surface area (Å²) in [5.41, 5.74) is 2.67. The number of nitrogens with zero attached hydrogens (tertiary/aromatic N) is 7. The van der Waals surface area contributed by atoms with Crippen molar-refractivity contribution in [2.75, 3.05) is 0 Å². The summed E-state index contributed by atoms with van der Waals surface area (Å²) < 4.78 is 3.61. The smallest absolute Gasteiger partial charge is 0.253 e. The standard InChI is InChI=1S/C20H14ClN7S/c1-27-18(14-9-5-6-10-15(14)21)25-26-20(27)29-17-11-16(13-7-3-2-4-8-13)24-19-22-12-23-28(17)19/h2-12H,1H3. The Bertz CT molecular complexity index is 1310. The second kappa shape index (κ2) is 7.31. The summed E-state index contributed by atoms with van der Waals surface area (Å²) in [7, 11) is 1.92. The van der Waals surface area contributed by atoms with Crippen molar-refractivity contribution in [1.82, 2.24) is 34.3 Å². The van der Waals surface area contributed by atoms with Crippen LogP contribution in [0.25, 0.3) is 28.4 Å². The maximum Gasteiger partial charge on any atom is 0.253 e. The van der Waals surface area contributed by atoms with E-state index in [9.17, 15) is 0 Å². The number of benzene rings is 2. The summed E-state index contributed by atoms with van der Waals surface area (Å²) >= 11 is 7.78. The molecule has 0 fully saturated rings. The second-order valence-corrected chi connectivity index (χ2v) is 7.66. The van der Waals surface area contributed by atoms with Crippen LogP contribution in [0, 0.1) is 0 Å². The Hall–Kier alpha value is -3.23. The van der Waals surface area contributed by atoms with E-state index < -0.39 is 0 Å². The third-order valence-electron chi connectivity index (χ3n) is 4.43. The molecule has 0 N–H and O–H groups in total. The minimum atomic E-state index is 0.530. The molecule has 0 bridgehead atoms. The van der Waals surface area contributed by atoms with E-state index in [0.29, 0.717) is 21.8 Å². The Balaban J connectivity index is 1.58. The molecule has 5 rings (SSSR count). The monoisotopic (exact) mass is 419 g/mol. The van der Waals surface area contributed by atoms with Crippen molar-refractivity contribution < 1.29 is 0 Å². The van der Waals surface area contributed by atoms with E-state index in [2.05, 4.69) is 25.3 Å². The van der Waals surface area contributed by atoms with E-state index in [-0.39, 0.29) is 0 Å². The molecule has 0 radical (unpaired) electrons. The van der Waals surface area contributed by atoms with Gasteiger partial charge in [0, 0.05) is 18.2 Å². The number of hydrogen-bond acceptors (Lipinski definition) is 6. The van der Waals surface area contributed by atoms with Crippen molar-refractivity contribution in [1.29, 1.82) is 0 Å². The molecule has 29 heavy (non-hydrogen) atoms. The van der Waals surface area contributed by atoms with E-state index in [1.54, 1.807) is 4.52 Å². The van der Waals surface area contributed by atoms with Crippen molar-refractivity contribution >= 4 is 29.1 Å². The summed E-state index contributed by atoms with van der Waals surface area (Å²) in [6.45, 7) is 0. The molecule has 0 atom stereocenters. The van der Waals surface area contributed by atoms with E-state index in [1.807, 2.05) is 72.3 Å². The Morgan fingerprint density at radius 1 is 0.966 bits per heavy atom. The molecular formula is C20H14ClN7S. The fourth-order valence-corrected chi connectivity index (χ4v) is 4.09. The van der Waals surface area contributed by atoms with Crippen LogP contribution >= 0.6 is 23.4 Å². The van der Waals surface area contributed by atoms with Gasteiger partial charge in [0.05, 0.1) is 10.7 Å². The summed E-state index contributed by atoms with van der Waals surface area (Å²) in [6, 6.07) is 19.5. The average Bonchev–Trinajstić information content (AvgIpc) is 3.36. The van der Waals surface area contributed by atoms with Crippen LogP contribution in [0.5, 0.6) is 0 Å². The summed E-state index contributed by atoms with van der Waals surface area (Å²) in [4.78, 5) is 8.87. The molecule has 142 valence electrons. The summed E-state index contributed by atoms with van der Waals surface area (Å²) in [6.07, 6.45) is 1.49. The molecule has 2 aromatic carbocycles. The van der Waals surface area contributed by atoms with Gasteiger partial charge in [-0.3, -0.25) is 0 Å². The highest BCUT2D eigenvalue weighted by Gasteiger charge is 2.17. The number of halogens is 1. The van der Waals surface area contributed by atoms with E-state index >= 15 is 0 Å². The molecule has 3 heterocycles. The molecule has 0 saturated heterocycles. The van der Waals surface area contributed by atoms with Crippen molar-refractivity contribution in [3.05, 3.63) is 72.0 Å². The van der Waals surface area contributed by atoms with Gasteiger partial charge in [0.25, 0.3) is 5.78 Å². The SMILES string of the molecule is Cn1c(Sc2cc(-c3ccccc3)nc3ncnn23)nnc1-c1ccccc1Cl. The summed E-state index contributed by atoms with van der Waals surface area (Å²) in [5, 5.41) is 15.2. The largest absolute Gasteiger partial charge is 0.305 e. The molecule has 7 nitrogen and oxygen atoms in total. The maximum atomic E-state index is 6.33. The molecular weight excluding hydrogens is 406 g/mol. The van der Waals surface area contributed by atoms with Crippen molar-refractivity contribution in [3.63, 3.8) is 0 Å². The van der Waals surface area contributed by atoms with Crippen molar-refractivity contribution in [2.24, 2.45) is 7.05 Å². The van der Waals surface area contributed by atoms with Gasteiger partial charge in [-0.2, -0.15) is 14.6 Å². The molecule has 3 aromatic heterocycles. The molecule has 0 amide bonds. The Morgan fingerprint density at radius 2 is 1.76 bits per heavy atom. The number of hydrogen-bond donors (Lipinski definition) is 0. The third kappa shape index (κ3) is 3.26. The van der Waals surface area contributed by atoms with Crippen molar-refractivity contribution in [3.8, 4) is 22.6 Å². The predicted molar refractivity (Wildman–Crippen MR) is 112 cm³/mol. The third-order valence-corrected chi connectivity index (χ3v) is 5.80. The first-order valence-electron chi connectivity index (χ1n) is 8.79. The zero-order chi connectivity index (χ0) is 19.8. The number of rotatable bonds is 4. The highest BCUT2D eigenvalue weighted by atomic mass is 35.5. The van der Waals surface area contributed by atoms with Crippen LogP contribution in [0.4, 0.5) is 0 Å². The lowest BCUT2D eigenvalue weighted by molar-refractivity contribution is 0.783. The van der Waals surface area contributed by atoms with Gasteiger partial charge >= 0.3 is 0 Å². The topological polar surface area (TPSA) is 73.8 Å². The fraction of sp³-hybridized carbons (Fsp3) is 0.0500. The van der Waals surface area contributed by atoms with Crippen LogP contribution < -0.4 is 0 Å². The molecule has 0 aliphatic heterocycles. The van der Waals surface area contributed by atoms with Crippen molar-refractivity contribution in [2.45, 2.75) is 10.2 Å². The quantitative estimate of drug-likeness (QED) is 0.402. The summed E-state index contributed by atoms with van der Waals surface area (Å²) in [5.74, 6) is 1.23. The van der Waals surface area contributed by atoms with Gasteiger partial charge in [0.1, 0.15) is 11.4 Å². The van der Waals surface area contributed by atoms with Crippen LogP contribution in [0.3, 0.4) is 0 Å². The lowest BCUT2D eigenvalue weighted by Crippen LogP contribution is -2.00. The number of aromatic nitrogens is 7. The fourth-order valence-electron chi connectivity index (χ4n) is 2.99. The first-order chi connectivity index (χ1) is 14.2. The van der Waals surface area contributed by atoms with Gasteiger partial charge in [-0.05, 0) is 30.0 Å². The van der Waals surface area contributed by atoms with Crippen LogP contribution in [0.1, 0.15) is 0 Å². The molecule has 0 aliphatic rings. The minimum absolute atomic E-state index is 0.530. The number of fused-ring (bicyclic) bond motifs is 1. The van der Waals surface area contributed by atoms with Crippen LogP contribution in [-0.2, 0) is 7.05 Å². The zero-order valence-corrected chi connectivity index (χ0v) is 16.8. The lowest BCUT2D eigenvalue weighted by Gasteiger charge is -2.08. The van der Waals surface area contributed by atoms with Gasteiger partial charge in [-0.25, -0.2) is 4.98 Å². The van der Waals surface area contributed by atoms with Gasteiger partial charge in [0.2, 0.25) is 0 Å². The van der Waals surface area contributed by atoms with Crippen LogP contribution in [0.15, 0.2) is 77.2 Å². The molecule has 5 aromatic rings. The Morgan fingerprint density at radius 3 is 2.59 bits per heavy atom. The lowest BCUT2D eigenvalue weighted by atomic mass is 10.1.